The van der Waals surface area contributed by atoms with Crippen molar-refractivity contribution in [3.63, 3.8) is 0 Å². The van der Waals surface area contributed by atoms with Crippen LogP contribution in [-0.2, 0) is 0 Å². The fourth-order valence-electron chi connectivity index (χ4n) is 1.12. The largest absolute Gasteiger partial charge is 0.497 e. The zero-order chi connectivity index (χ0) is 11.1. The van der Waals surface area contributed by atoms with E-state index in [9.17, 15) is 4.79 Å². The Morgan fingerprint density at radius 1 is 1.47 bits per heavy atom. The molecule has 0 saturated carbocycles. The first-order valence-corrected chi connectivity index (χ1v) is 4.68. The lowest BCUT2D eigenvalue weighted by Crippen LogP contribution is -1.99. The minimum absolute atomic E-state index is 0.511. The first kappa shape index (κ1) is 11.3. The molecule has 15 heavy (non-hydrogen) atoms. The molecule has 0 unspecified atom stereocenters. The summed E-state index contributed by atoms with van der Waals surface area (Å²) >= 11 is 0. The van der Waals surface area contributed by atoms with Gasteiger partial charge in [0, 0.05) is 6.07 Å². The number of hydrogen-bond acceptors (Lipinski definition) is 3. The molecule has 0 atom stereocenters. The van der Waals surface area contributed by atoms with Gasteiger partial charge in [-0.15, -0.1) is 6.58 Å². The van der Waals surface area contributed by atoms with E-state index in [1.807, 2.05) is 0 Å². The molecule has 1 aromatic carbocycles. The smallest absolute Gasteiger partial charge is 0.153 e. The molecule has 1 rings (SSSR count). The summed E-state index contributed by atoms with van der Waals surface area (Å²) in [6.45, 7) is 4.11. The van der Waals surface area contributed by atoms with Crippen molar-refractivity contribution in [1.29, 1.82) is 0 Å². The molecular weight excluding hydrogens is 192 g/mol. The van der Waals surface area contributed by atoms with Gasteiger partial charge < -0.3 is 9.47 Å². The molecule has 0 aromatic heterocycles. The van der Waals surface area contributed by atoms with Crippen LogP contribution in [0.1, 0.15) is 16.8 Å². The standard InChI is InChI=1S/C12H14O3/c1-3-4-7-15-12-8-11(14-2)6-5-10(12)9-13/h3,5-6,8-9H,1,4,7H2,2H3. The molecule has 0 aliphatic carbocycles. The average Bonchev–Trinajstić information content (AvgIpc) is 2.29. The number of benzene rings is 1. The molecule has 1 aromatic rings. The quantitative estimate of drug-likeness (QED) is 0.407. The maximum absolute atomic E-state index is 10.7. The first-order valence-electron chi connectivity index (χ1n) is 4.68. The Morgan fingerprint density at radius 3 is 2.87 bits per heavy atom. The van der Waals surface area contributed by atoms with E-state index in [1.165, 1.54) is 0 Å². The number of hydrogen-bond donors (Lipinski definition) is 0. The van der Waals surface area contributed by atoms with E-state index in [4.69, 9.17) is 9.47 Å². The zero-order valence-electron chi connectivity index (χ0n) is 8.73. The van der Waals surface area contributed by atoms with Crippen LogP contribution in [0.15, 0.2) is 30.9 Å². The molecule has 0 aliphatic heterocycles. The van der Waals surface area contributed by atoms with Crippen molar-refractivity contribution >= 4 is 6.29 Å². The first-order chi connectivity index (χ1) is 7.31. The minimum Gasteiger partial charge on any atom is -0.497 e. The molecule has 0 fully saturated rings. The molecule has 3 heteroatoms. The van der Waals surface area contributed by atoms with Gasteiger partial charge >= 0.3 is 0 Å². The van der Waals surface area contributed by atoms with Crippen LogP contribution >= 0.6 is 0 Å². The maximum Gasteiger partial charge on any atom is 0.153 e. The van der Waals surface area contributed by atoms with Gasteiger partial charge in [-0.2, -0.15) is 0 Å². The summed E-state index contributed by atoms with van der Waals surface area (Å²) in [4.78, 5) is 10.7. The van der Waals surface area contributed by atoms with Crippen molar-refractivity contribution in [2.75, 3.05) is 13.7 Å². The van der Waals surface area contributed by atoms with Crippen LogP contribution in [0.3, 0.4) is 0 Å². The van der Waals surface area contributed by atoms with Gasteiger partial charge in [0.2, 0.25) is 0 Å². The Bertz CT molecular complexity index is 345. The summed E-state index contributed by atoms with van der Waals surface area (Å²) in [6, 6.07) is 5.10. The highest BCUT2D eigenvalue weighted by Gasteiger charge is 2.04. The predicted octanol–water partition coefficient (Wildman–Crippen LogP) is 2.46. The Morgan fingerprint density at radius 2 is 2.27 bits per heavy atom. The van der Waals surface area contributed by atoms with E-state index >= 15 is 0 Å². The Kier molecular flexibility index (Phi) is 4.41. The second-order valence-corrected chi connectivity index (χ2v) is 2.95. The predicted molar refractivity (Wildman–Crippen MR) is 58.7 cm³/mol. The van der Waals surface area contributed by atoms with Gasteiger partial charge in [-0.05, 0) is 18.6 Å². The molecule has 0 N–H and O–H groups in total. The number of carbonyl (C=O) groups is 1. The highest BCUT2D eigenvalue weighted by atomic mass is 16.5. The van der Waals surface area contributed by atoms with Gasteiger partial charge in [-0.3, -0.25) is 4.79 Å². The van der Waals surface area contributed by atoms with E-state index in [0.717, 1.165) is 12.7 Å². The maximum atomic E-state index is 10.7. The van der Waals surface area contributed by atoms with Crippen LogP contribution in [0.2, 0.25) is 0 Å². The molecule has 0 heterocycles. The summed E-state index contributed by atoms with van der Waals surface area (Å²) in [5, 5.41) is 0. The van der Waals surface area contributed by atoms with Crippen LogP contribution < -0.4 is 9.47 Å². The molecule has 80 valence electrons. The van der Waals surface area contributed by atoms with Gasteiger partial charge in [0.15, 0.2) is 6.29 Å². The van der Waals surface area contributed by atoms with Gasteiger partial charge in [0.25, 0.3) is 0 Å². The van der Waals surface area contributed by atoms with Crippen molar-refractivity contribution < 1.29 is 14.3 Å². The second-order valence-electron chi connectivity index (χ2n) is 2.95. The van der Waals surface area contributed by atoms with E-state index in [1.54, 1.807) is 31.4 Å². The van der Waals surface area contributed by atoms with Crippen LogP contribution in [0, 0.1) is 0 Å². The van der Waals surface area contributed by atoms with Crippen LogP contribution in [-0.4, -0.2) is 20.0 Å². The van der Waals surface area contributed by atoms with Gasteiger partial charge in [0.05, 0.1) is 19.3 Å². The molecular formula is C12H14O3. The molecule has 0 bridgehead atoms. The molecule has 3 nitrogen and oxygen atoms in total. The summed E-state index contributed by atoms with van der Waals surface area (Å²) in [5.41, 5.74) is 0.528. The molecule has 0 aliphatic rings. The van der Waals surface area contributed by atoms with Crippen molar-refractivity contribution in [1.82, 2.24) is 0 Å². The number of aldehydes is 1. The molecule has 0 amide bonds. The van der Waals surface area contributed by atoms with E-state index < -0.39 is 0 Å². The third-order valence-electron chi connectivity index (χ3n) is 1.93. The highest BCUT2D eigenvalue weighted by molar-refractivity contribution is 5.79. The Labute approximate surface area is 89.3 Å². The number of rotatable bonds is 6. The monoisotopic (exact) mass is 206 g/mol. The highest BCUT2D eigenvalue weighted by Crippen LogP contribution is 2.23. The van der Waals surface area contributed by atoms with Crippen LogP contribution in [0.25, 0.3) is 0 Å². The summed E-state index contributed by atoms with van der Waals surface area (Å²) in [5.74, 6) is 1.22. The summed E-state index contributed by atoms with van der Waals surface area (Å²) in [6.07, 6.45) is 3.28. The van der Waals surface area contributed by atoms with Gasteiger partial charge in [0.1, 0.15) is 11.5 Å². The molecule has 0 saturated heterocycles. The third-order valence-corrected chi connectivity index (χ3v) is 1.93. The zero-order valence-corrected chi connectivity index (χ0v) is 8.73. The van der Waals surface area contributed by atoms with Crippen LogP contribution in [0.5, 0.6) is 11.5 Å². The third kappa shape index (κ3) is 3.13. The Hall–Kier alpha value is -1.77. The second kappa shape index (κ2) is 5.86. The van der Waals surface area contributed by atoms with Gasteiger partial charge in [-0.25, -0.2) is 0 Å². The normalized spacial score (nSPS) is 9.40. The number of ether oxygens (including phenoxy) is 2. The minimum atomic E-state index is 0.511. The molecule has 0 radical (unpaired) electrons. The van der Waals surface area contributed by atoms with Crippen molar-refractivity contribution in [2.24, 2.45) is 0 Å². The van der Waals surface area contributed by atoms with Crippen LogP contribution in [0.4, 0.5) is 0 Å². The fraction of sp³-hybridized carbons (Fsp3) is 0.250. The summed E-state index contributed by atoms with van der Waals surface area (Å²) in [7, 11) is 1.57. The molecule has 0 spiro atoms. The number of methoxy groups -OCH3 is 1. The lowest BCUT2D eigenvalue weighted by molar-refractivity contribution is 0.111. The van der Waals surface area contributed by atoms with Crippen molar-refractivity contribution in [2.45, 2.75) is 6.42 Å². The Balaban J connectivity index is 2.80. The van der Waals surface area contributed by atoms with Crippen molar-refractivity contribution in [3.05, 3.63) is 36.4 Å². The average molecular weight is 206 g/mol. The lowest BCUT2D eigenvalue weighted by atomic mass is 10.2. The van der Waals surface area contributed by atoms with E-state index in [-0.39, 0.29) is 0 Å². The topological polar surface area (TPSA) is 35.5 Å². The SMILES string of the molecule is C=CCCOc1cc(OC)ccc1C=O. The van der Waals surface area contributed by atoms with E-state index in [0.29, 0.717) is 23.7 Å². The van der Waals surface area contributed by atoms with Gasteiger partial charge in [-0.1, -0.05) is 6.08 Å². The lowest BCUT2D eigenvalue weighted by Gasteiger charge is -2.08. The van der Waals surface area contributed by atoms with Crippen molar-refractivity contribution in [3.8, 4) is 11.5 Å². The summed E-state index contributed by atoms with van der Waals surface area (Å²) < 4.78 is 10.5. The van der Waals surface area contributed by atoms with E-state index in [2.05, 4.69) is 6.58 Å². The number of carbonyl (C=O) groups excluding carboxylic acids is 1. The fourth-order valence-corrected chi connectivity index (χ4v) is 1.12.